The second kappa shape index (κ2) is 7.55. The van der Waals surface area contributed by atoms with Gasteiger partial charge in [0.2, 0.25) is 0 Å². The highest BCUT2D eigenvalue weighted by atomic mass is 32.2. The number of aryl methyl sites for hydroxylation is 1. The number of carbonyl (C=O) groups is 1. The van der Waals surface area contributed by atoms with E-state index < -0.39 is 10.0 Å². The summed E-state index contributed by atoms with van der Waals surface area (Å²) < 4.78 is 27.3. The summed E-state index contributed by atoms with van der Waals surface area (Å²) in [6, 6.07) is 16.8. The highest BCUT2D eigenvalue weighted by Crippen LogP contribution is 2.19. The molecule has 138 valence electrons. The summed E-state index contributed by atoms with van der Waals surface area (Å²) >= 11 is 0. The number of sulfonamides is 1. The number of aromatic nitrogens is 2. The Labute approximate surface area is 157 Å². The van der Waals surface area contributed by atoms with E-state index in [4.69, 9.17) is 0 Å². The van der Waals surface area contributed by atoms with Crippen molar-refractivity contribution >= 4 is 33.1 Å². The first-order chi connectivity index (χ1) is 12.8. The SMILES string of the molecule is CC(=O)c1ccc(Nc2ccc(NS(=O)(=O)c3ccccc3C)nn2)cc1. The molecule has 2 N–H and O–H groups in total. The maximum absolute atomic E-state index is 12.5. The van der Waals surface area contributed by atoms with Crippen LogP contribution in [-0.2, 0) is 10.0 Å². The molecule has 3 aromatic rings. The molecule has 0 aliphatic rings. The van der Waals surface area contributed by atoms with Gasteiger partial charge in [-0.25, -0.2) is 8.42 Å². The Bertz CT molecular complexity index is 1060. The van der Waals surface area contributed by atoms with E-state index in [9.17, 15) is 13.2 Å². The zero-order valence-electron chi connectivity index (χ0n) is 14.8. The third kappa shape index (κ3) is 4.48. The normalized spacial score (nSPS) is 11.0. The van der Waals surface area contributed by atoms with E-state index in [0.29, 0.717) is 16.9 Å². The molecule has 0 unspecified atom stereocenters. The van der Waals surface area contributed by atoms with E-state index >= 15 is 0 Å². The van der Waals surface area contributed by atoms with Crippen LogP contribution in [0, 0.1) is 6.92 Å². The van der Waals surface area contributed by atoms with Crippen LogP contribution in [0.1, 0.15) is 22.8 Å². The van der Waals surface area contributed by atoms with E-state index in [1.54, 1.807) is 55.5 Å². The van der Waals surface area contributed by atoms with Crippen LogP contribution in [0.2, 0.25) is 0 Å². The highest BCUT2D eigenvalue weighted by Gasteiger charge is 2.17. The van der Waals surface area contributed by atoms with Crippen LogP contribution in [-0.4, -0.2) is 24.4 Å². The highest BCUT2D eigenvalue weighted by molar-refractivity contribution is 7.92. The Morgan fingerprint density at radius 2 is 1.52 bits per heavy atom. The van der Waals surface area contributed by atoms with E-state index in [1.807, 2.05) is 0 Å². The molecule has 0 aliphatic carbocycles. The molecular formula is C19H18N4O3S. The molecule has 0 fully saturated rings. The van der Waals surface area contributed by atoms with Gasteiger partial charge in [0, 0.05) is 11.3 Å². The number of ketones is 1. The Hall–Kier alpha value is -3.26. The molecule has 0 spiro atoms. The lowest BCUT2D eigenvalue weighted by Crippen LogP contribution is -2.15. The summed E-state index contributed by atoms with van der Waals surface area (Å²) in [5.74, 6) is 0.562. The zero-order valence-corrected chi connectivity index (χ0v) is 15.6. The van der Waals surface area contributed by atoms with Crippen LogP contribution < -0.4 is 10.0 Å². The Morgan fingerprint density at radius 1 is 0.889 bits per heavy atom. The van der Waals surface area contributed by atoms with Crippen molar-refractivity contribution in [2.75, 3.05) is 10.0 Å². The summed E-state index contributed by atoms with van der Waals surface area (Å²) in [6.07, 6.45) is 0. The van der Waals surface area contributed by atoms with Crippen molar-refractivity contribution in [1.82, 2.24) is 10.2 Å². The van der Waals surface area contributed by atoms with Crippen molar-refractivity contribution < 1.29 is 13.2 Å². The van der Waals surface area contributed by atoms with Gasteiger partial charge in [-0.3, -0.25) is 9.52 Å². The monoisotopic (exact) mass is 382 g/mol. The maximum atomic E-state index is 12.5. The molecule has 0 radical (unpaired) electrons. The van der Waals surface area contributed by atoms with Gasteiger partial charge in [-0.05, 0) is 61.9 Å². The zero-order chi connectivity index (χ0) is 19.4. The van der Waals surface area contributed by atoms with Gasteiger partial charge in [0.15, 0.2) is 17.4 Å². The minimum atomic E-state index is -3.73. The summed E-state index contributed by atoms with van der Waals surface area (Å²) in [5.41, 5.74) is 2.00. The summed E-state index contributed by atoms with van der Waals surface area (Å²) in [7, 11) is -3.73. The standard InChI is InChI=1S/C19H18N4O3S/c1-13-5-3-4-6-17(13)27(25,26)23-19-12-11-18(21-22-19)20-16-9-7-15(8-10-16)14(2)24/h3-12H,1-2H3,(H,20,21)(H,22,23). The topological polar surface area (TPSA) is 101 Å². The fraction of sp³-hybridized carbons (Fsp3) is 0.105. The Kier molecular flexibility index (Phi) is 5.18. The Morgan fingerprint density at radius 3 is 2.11 bits per heavy atom. The molecule has 27 heavy (non-hydrogen) atoms. The van der Waals surface area contributed by atoms with Crippen LogP contribution >= 0.6 is 0 Å². The average molecular weight is 382 g/mol. The van der Waals surface area contributed by atoms with E-state index in [-0.39, 0.29) is 16.5 Å². The fourth-order valence-corrected chi connectivity index (χ4v) is 3.68. The summed E-state index contributed by atoms with van der Waals surface area (Å²) in [6.45, 7) is 3.23. The number of carbonyl (C=O) groups excluding carboxylic acids is 1. The molecule has 0 aliphatic heterocycles. The van der Waals surface area contributed by atoms with E-state index in [0.717, 1.165) is 5.69 Å². The smallest absolute Gasteiger partial charge is 0.263 e. The number of rotatable bonds is 6. The summed E-state index contributed by atoms with van der Waals surface area (Å²) in [4.78, 5) is 11.5. The number of Topliss-reactive ketones (excluding diaryl/α,β-unsaturated/α-hetero) is 1. The van der Waals surface area contributed by atoms with Crippen molar-refractivity contribution in [2.45, 2.75) is 18.7 Å². The first-order valence-corrected chi connectivity index (χ1v) is 9.64. The molecule has 1 aromatic heterocycles. The van der Waals surface area contributed by atoms with Gasteiger partial charge in [-0.2, -0.15) is 0 Å². The quantitative estimate of drug-likeness (QED) is 0.633. The second-order valence-corrected chi connectivity index (χ2v) is 7.58. The van der Waals surface area contributed by atoms with Gasteiger partial charge < -0.3 is 5.32 Å². The molecule has 2 aromatic carbocycles. The lowest BCUT2D eigenvalue weighted by molar-refractivity contribution is 0.101. The molecule has 3 rings (SSSR count). The van der Waals surface area contributed by atoms with Crippen molar-refractivity contribution in [3.63, 3.8) is 0 Å². The molecular weight excluding hydrogens is 364 g/mol. The number of anilines is 3. The third-order valence-corrected chi connectivity index (χ3v) is 5.37. The predicted octanol–water partition coefficient (Wildman–Crippen LogP) is 3.53. The molecule has 1 heterocycles. The van der Waals surface area contributed by atoms with Crippen LogP contribution in [0.5, 0.6) is 0 Å². The molecule has 0 bridgehead atoms. The van der Waals surface area contributed by atoms with Crippen LogP contribution in [0.15, 0.2) is 65.6 Å². The third-order valence-electron chi connectivity index (χ3n) is 3.85. The molecule has 7 nitrogen and oxygen atoms in total. The van der Waals surface area contributed by atoms with Crippen molar-refractivity contribution in [3.8, 4) is 0 Å². The molecule has 0 atom stereocenters. The number of benzene rings is 2. The van der Waals surface area contributed by atoms with Gasteiger partial charge in [-0.15, -0.1) is 10.2 Å². The van der Waals surface area contributed by atoms with Crippen molar-refractivity contribution in [3.05, 3.63) is 71.8 Å². The molecule has 0 saturated heterocycles. The van der Waals surface area contributed by atoms with Gasteiger partial charge >= 0.3 is 0 Å². The predicted molar refractivity (Wildman–Crippen MR) is 104 cm³/mol. The van der Waals surface area contributed by atoms with Gasteiger partial charge in [0.25, 0.3) is 10.0 Å². The first-order valence-electron chi connectivity index (χ1n) is 8.15. The first kappa shape index (κ1) is 18.5. The van der Waals surface area contributed by atoms with Crippen LogP contribution in [0.4, 0.5) is 17.3 Å². The lowest BCUT2D eigenvalue weighted by atomic mass is 10.1. The van der Waals surface area contributed by atoms with Crippen molar-refractivity contribution in [2.24, 2.45) is 0 Å². The minimum Gasteiger partial charge on any atom is -0.339 e. The van der Waals surface area contributed by atoms with Gasteiger partial charge in [-0.1, -0.05) is 18.2 Å². The summed E-state index contributed by atoms with van der Waals surface area (Å²) in [5, 5.41) is 10.9. The largest absolute Gasteiger partial charge is 0.339 e. The van der Waals surface area contributed by atoms with Crippen LogP contribution in [0.3, 0.4) is 0 Å². The number of nitrogens with zero attached hydrogens (tertiary/aromatic N) is 2. The van der Waals surface area contributed by atoms with Crippen molar-refractivity contribution in [1.29, 1.82) is 0 Å². The lowest BCUT2D eigenvalue weighted by Gasteiger charge is -2.10. The van der Waals surface area contributed by atoms with Gasteiger partial charge in [0.1, 0.15) is 0 Å². The van der Waals surface area contributed by atoms with Gasteiger partial charge in [0.05, 0.1) is 4.90 Å². The number of hydrogen-bond donors (Lipinski definition) is 2. The maximum Gasteiger partial charge on any atom is 0.263 e. The van der Waals surface area contributed by atoms with E-state index in [1.165, 1.54) is 19.1 Å². The minimum absolute atomic E-state index is 0.00775. The molecule has 0 saturated carbocycles. The number of hydrogen-bond acceptors (Lipinski definition) is 6. The fourth-order valence-electron chi connectivity index (χ4n) is 2.44. The number of nitrogens with one attached hydrogen (secondary N) is 2. The molecule has 8 heteroatoms. The average Bonchev–Trinajstić information content (AvgIpc) is 2.64. The molecule has 0 amide bonds. The van der Waals surface area contributed by atoms with E-state index in [2.05, 4.69) is 20.2 Å². The Balaban J connectivity index is 1.72. The second-order valence-electron chi connectivity index (χ2n) is 5.93. The van der Waals surface area contributed by atoms with Crippen LogP contribution in [0.25, 0.3) is 0 Å².